The molecule has 106 valence electrons. The van der Waals surface area contributed by atoms with E-state index in [0.717, 1.165) is 31.0 Å². The monoisotopic (exact) mass is 309 g/mol. The number of rotatable bonds is 3. The molecule has 1 aromatic carbocycles. The van der Waals surface area contributed by atoms with E-state index in [0.29, 0.717) is 19.0 Å². The zero-order valence-electron chi connectivity index (χ0n) is 10.2. The highest BCUT2D eigenvalue weighted by atomic mass is 35.5. The van der Waals surface area contributed by atoms with Crippen LogP contribution in [0, 0.1) is 17.6 Å². The number of hydrogen-bond donors (Lipinski definition) is 0. The average molecular weight is 310 g/mol. The summed E-state index contributed by atoms with van der Waals surface area (Å²) >= 11 is 5.76. The summed E-state index contributed by atoms with van der Waals surface area (Å²) in [5.41, 5.74) is 0. The zero-order chi connectivity index (χ0) is 14.0. The van der Waals surface area contributed by atoms with Gasteiger partial charge in [-0.25, -0.2) is 17.2 Å². The Morgan fingerprint density at radius 3 is 2.68 bits per heavy atom. The molecule has 0 radical (unpaired) electrons. The number of benzene rings is 1. The van der Waals surface area contributed by atoms with Gasteiger partial charge >= 0.3 is 0 Å². The first-order chi connectivity index (χ1) is 8.95. The predicted molar refractivity (Wildman–Crippen MR) is 68.6 cm³/mol. The molecule has 0 saturated carbocycles. The molecule has 1 aromatic rings. The van der Waals surface area contributed by atoms with E-state index < -0.39 is 21.7 Å². The second-order valence-corrected chi connectivity index (χ2v) is 6.85. The Hall–Kier alpha value is -0.720. The second-order valence-electron chi connectivity index (χ2n) is 4.60. The van der Waals surface area contributed by atoms with Crippen LogP contribution in [0.25, 0.3) is 0 Å². The summed E-state index contributed by atoms with van der Waals surface area (Å²) in [6.07, 6.45) is 1.60. The fraction of sp³-hybridized carbons (Fsp3) is 0.500. The Balaban J connectivity index is 2.28. The quantitative estimate of drug-likeness (QED) is 0.805. The molecule has 19 heavy (non-hydrogen) atoms. The molecule has 1 saturated heterocycles. The molecular formula is C12H14ClF2NO2S. The number of sulfonamides is 1. The van der Waals surface area contributed by atoms with Gasteiger partial charge in [0.25, 0.3) is 0 Å². The van der Waals surface area contributed by atoms with E-state index in [1.54, 1.807) is 0 Å². The molecule has 0 aromatic heterocycles. The van der Waals surface area contributed by atoms with E-state index in [1.165, 1.54) is 4.31 Å². The fourth-order valence-corrected chi connectivity index (χ4v) is 3.98. The third-order valence-electron chi connectivity index (χ3n) is 3.23. The van der Waals surface area contributed by atoms with Crippen LogP contribution in [0.5, 0.6) is 0 Å². The van der Waals surface area contributed by atoms with Crippen molar-refractivity contribution in [1.82, 2.24) is 4.31 Å². The molecule has 1 unspecified atom stereocenters. The lowest BCUT2D eigenvalue weighted by Crippen LogP contribution is -2.40. The molecule has 1 fully saturated rings. The van der Waals surface area contributed by atoms with E-state index in [4.69, 9.17) is 11.6 Å². The summed E-state index contributed by atoms with van der Waals surface area (Å²) in [4.78, 5) is -0.221. The molecular weight excluding hydrogens is 296 g/mol. The van der Waals surface area contributed by atoms with Crippen LogP contribution in [0.4, 0.5) is 8.78 Å². The summed E-state index contributed by atoms with van der Waals surface area (Å²) in [6.45, 7) is 0.708. The molecule has 0 amide bonds. The van der Waals surface area contributed by atoms with E-state index in [2.05, 4.69) is 0 Å². The standard InChI is InChI=1S/C12H14ClF2NO2S/c13-7-9-2-1-5-16(8-9)19(17,18)10-3-4-11(14)12(15)6-10/h3-4,6,9H,1-2,5,7-8H2. The number of hydrogen-bond acceptors (Lipinski definition) is 2. The van der Waals surface area contributed by atoms with Crippen LogP contribution < -0.4 is 0 Å². The Bertz CT molecular complexity index is 565. The van der Waals surface area contributed by atoms with Gasteiger partial charge in [0.15, 0.2) is 11.6 Å². The Morgan fingerprint density at radius 1 is 1.32 bits per heavy atom. The maximum Gasteiger partial charge on any atom is 0.243 e. The molecule has 7 heteroatoms. The highest BCUT2D eigenvalue weighted by molar-refractivity contribution is 7.89. The minimum atomic E-state index is -3.78. The lowest BCUT2D eigenvalue weighted by molar-refractivity contribution is 0.283. The molecule has 0 aliphatic carbocycles. The lowest BCUT2D eigenvalue weighted by Gasteiger charge is -2.30. The maximum atomic E-state index is 13.1. The minimum absolute atomic E-state index is 0.107. The number of alkyl halides is 1. The summed E-state index contributed by atoms with van der Waals surface area (Å²) in [5, 5.41) is 0. The van der Waals surface area contributed by atoms with E-state index in [-0.39, 0.29) is 10.8 Å². The highest BCUT2D eigenvalue weighted by Crippen LogP contribution is 2.25. The summed E-state index contributed by atoms with van der Waals surface area (Å²) < 4.78 is 51.9. The number of halogens is 3. The van der Waals surface area contributed by atoms with Gasteiger partial charge < -0.3 is 0 Å². The van der Waals surface area contributed by atoms with Crippen molar-refractivity contribution in [1.29, 1.82) is 0 Å². The van der Waals surface area contributed by atoms with Crippen LogP contribution in [0.2, 0.25) is 0 Å². The van der Waals surface area contributed by atoms with Crippen molar-refractivity contribution in [3.8, 4) is 0 Å². The molecule has 0 bridgehead atoms. The summed E-state index contributed by atoms with van der Waals surface area (Å²) in [7, 11) is -3.78. The van der Waals surface area contributed by atoms with Crippen molar-refractivity contribution in [2.24, 2.45) is 5.92 Å². The van der Waals surface area contributed by atoms with Gasteiger partial charge in [-0.3, -0.25) is 0 Å². The largest absolute Gasteiger partial charge is 0.243 e. The first-order valence-corrected chi connectivity index (χ1v) is 7.94. The normalized spacial score (nSPS) is 21.5. The van der Waals surface area contributed by atoms with Crippen LogP contribution in [0.1, 0.15) is 12.8 Å². The van der Waals surface area contributed by atoms with Crippen molar-refractivity contribution in [3.63, 3.8) is 0 Å². The van der Waals surface area contributed by atoms with Gasteiger partial charge in [-0.15, -0.1) is 11.6 Å². The molecule has 1 atom stereocenters. The van der Waals surface area contributed by atoms with Crippen LogP contribution in [-0.2, 0) is 10.0 Å². The smallest absolute Gasteiger partial charge is 0.207 e. The summed E-state index contributed by atoms with van der Waals surface area (Å²) in [6, 6.07) is 2.62. The van der Waals surface area contributed by atoms with Gasteiger partial charge in [0.2, 0.25) is 10.0 Å². The van der Waals surface area contributed by atoms with Crippen LogP contribution in [0.15, 0.2) is 23.1 Å². The maximum absolute atomic E-state index is 13.1. The number of piperidine rings is 1. The van der Waals surface area contributed by atoms with Crippen molar-refractivity contribution >= 4 is 21.6 Å². The lowest BCUT2D eigenvalue weighted by atomic mass is 10.0. The molecule has 1 aliphatic heterocycles. The predicted octanol–water partition coefficient (Wildman–Crippen LogP) is 2.60. The van der Waals surface area contributed by atoms with Gasteiger partial charge in [0.05, 0.1) is 4.90 Å². The third kappa shape index (κ3) is 3.07. The van der Waals surface area contributed by atoms with E-state index in [1.807, 2.05) is 0 Å². The van der Waals surface area contributed by atoms with Crippen molar-refractivity contribution < 1.29 is 17.2 Å². The fourth-order valence-electron chi connectivity index (χ4n) is 2.16. The highest BCUT2D eigenvalue weighted by Gasteiger charge is 2.30. The van der Waals surface area contributed by atoms with Crippen molar-refractivity contribution in [3.05, 3.63) is 29.8 Å². The van der Waals surface area contributed by atoms with Gasteiger partial charge in [0, 0.05) is 19.0 Å². The molecule has 0 spiro atoms. The van der Waals surface area contributed by atoms with Gasteiger partial charge in [0.1, 0.15) is 0 Å². The first kappa shape index (κ1) is 14.7. The van der Waals surface area contributed by atoms with Gasteiger partial charge in [-0.05, 0) is 37.0 Å². The molecule has 0 N–H and O–H groups in total. The SMILES string of the molecule is O=S(=O)(c1ccc(F)c(F)c1)N1CCCC(CCl)C1. The van der Waals surface area contributed by atoms with Gasteiger partial charge in [-0.1, -0.05) is 0 Å². The van der Waals surface area contributed by atoms with Gasteiger partial charge in [-0.2, -0.15) is 4.31 Å². The molecule has 2 rings (SSSR count). The van der Waals surface area contributed by atoms with Crippen LogP contribution in [-0.4, -0.2) is 31.7 Å². The van der Waals surface area contributed by atoms with Crippen LogP contribution >= 0.6 is 11.6 Å². The van der Waals surface area contributed by atoms with Crippen molar-refractivity contribution in [2.75, 3.05) is 19.0 Å². The topological polar surface area (TPSA) is 37.4 Å². The van der Waals surface area contributed by atoms with Crippen molar-refractivity contribution in [2.45, 2.75) is 17.7 Å². The first-order valence-electron chi connectivity index (χ1n) is 5.96. The molecule has 1 aliphatic rings. The Morgan fingerprint density at radius 2 is 2.05 bits per heavy atom. The van der Waals surface area contributed by atoms with E-state index >= 15 is 0 Å². The Labute approximate surface area is 116 Å². The molecule has 3 nitrogen and oxygen atoms in total. The Kier molecular flexibility index (Phi) is 4.43. The second kappa shape index (κ2) is 5.73. The molecule has 1 heterocycles. The third-order valence-corrected chi connectivity index (χ3v) is 5.53. The minimum Gasteiger partial charge on any atom is -0.207 e. The van der Waals surface area contributed by atoms with E-state index in [9.17, 15) is 17.2 Å². The zero-order valence-corrected chi connectivity index (χ0v) is 11.7. The number of nitrogens with zero attached hydrogens (tertiary/aromatic N) is 1. The van der Waals surface area contributed by atoms with Crippen LogP contribution in [0.3, 0.4) is 0 Å². The average Bonchev–Trinajstić information content (AvgIpc) is 2.41. The summed E-state index contributed by atoms with van der Waals surface area (Å²) in [5.74, 6) is -1.72.